The Morgan fingerprint density at radius 2 is 2.29 bits per heavy atom. The number of amides is 1. The minimum absolute atomic E-state index is 0.165. The summed E-state index contributed by atoms with van der Waals surface area (Å²) in [6.07, 6.45) is 3.50. The fraction of sp³-hybridized carbons (Fsp3) is 0.500. The minimum Gasteiger partial charge on any atom is -0.381 e. The molecule has 0 bridgehead atoms. The van der Waals surface area contributed by atoms with Crippen molar-refractivity contribution in [3.05, 3.63) is 28.5 Å². The predicted octanol–water partition coefficient (Wildman–Crippen LogP) is 1.95. The Morgan fingerprint density at radius 1 is 1.59 bits per heavy atom. The number of ether oxygens (including phenoxy) is 1. The number of carbonyl (C=O) groups excluding carboxylic acids is 1. The van der Waals surface area contributed by atoms with Crippen LogP contribution in [0.15, 0.2) is 12.3 Å². The molecule has 0 spiro atoms. The zero-order chi connectivity index (χ0) is 12.4. The van der Waals surface area contributed by atoms with Crippen LogP contribution in [0.4, 0.5) is 0 Å². The van der Waals surface area contributed by atoms with Gasteiger partial charge in [-0.3, -0.25) is 9.78 Å². The number of nitrogens with one attached hydrogen (secondary N) is 1. The minimum atomic E-state index is -0.165. The zero-order valence-corrected chi connectivity index (χ0v) is 10.6. The number of hydrogen-bond donors (Lipinski definition) is 1. The highest BCUT2D eigenvalue weighted by Gasteiger charge is 2.30. The summed E-state index contributed by atoms with van der Waals surface area (Å²) in [5, 5.41) is 3.36. The summed E-state index contributed by atoms with van der Waals surface area (Å²) in [5.41, 5.74) is 1.23. The van der Waals surface area contributed by atoms with Crippen LogP contribution in [0.3, 0.4) is 0 Å². The molecule has 17 heavy (non-hydrogen) atoms. The summed E-state index contributed by atoms with van der Waals surface area (Å²) >= 11 is 6.00. The molecule has 1 aromatic heterocycles. The topological polar surface area (TPSA) is 51.2 Å². The van der Waals surface area contributed by atoms with Crippen LogP contribution in [0.1, 0.15) is 28.9 Å². The lowest BCUT2D eigenvalue weighted by atomic mass is 9.89. The molecule has 1 fully saturated rings. The highest BCUT2D eigenvalue weighted by molar-refractivity contribution is 6.33. The van der Waals surface area contributed by atoms with Crippen molar-refractivity contribution in [3.8, 4) is 0 Å². The number of aromatic nitrogens is 1. The van der Waals surface area contributed by atoms with Gasteiger partial charge in [-0.1, -0.05) is 11.6 Å². The van der Waals surface area contributed by atoms with E-state index in [2.05, 4.69) is 10.3 Å². The summed E-state index contributed by atoms with van der Waals surface area (Å²) in [7, 11) is 1.68. The lowest BCUT2D eigenvalue weighted by Crippen LogP contribution is -2.47. The largest absolute Gasteiger partial charge is 0.381 e. The lowest BCUT2D eigenvalue weighted by Gasteiger charge is -2.34. The van der Waals surface area contributed by atoms with Gasteiger partial charge >= 0.3 is 0 Å². The van der Waals surface area contributed by atoms with Crippen molar-refractivity contribution in [2.24, 2.45) is 0 Å². The van der Waals surface area contributed by atoms with Crippen molar-refractivity contribution >= 4 is 17.5 Å². The Balaban J connectivity index is 1.96. The van der Waals surface area contributed by atoms with E-state index in [-0.39, 0.29) is 18.1 Å². The van der Waals surface area contributed by atoms with Gasteiger partial charge in [-0.2, -0.15) is 0 Å². The molecule has 0 saturated heterocycles. The van der Waals surface area contributed by atoms with Crippen LogP contribution in [0.5, 0.6) is 0 Å². The van der Waals surface area contributed by atoms with Crippen molar-refractivity contribution < 1.29 is 9.53 Å². The summed E-state index contributed by atoms with van der Waals surface area (Å²) in [6, 6.07) is 1.87. The van der Waals surface area contributed by atoms with Crippen molar-refractivity contribution in [1.82, 2.24) is 10.3 Å². The van der Waals surface area contributed by atoms with E-state index in [1.807, 2.05) is 6.92 Å². The van der Waals surface area contributed by atoms with Crippen molar-refractivity contribution in [1.29, 1.82) is 0 Å². The Kier molecular flexibility index (Phi) is 3.64. The van der Waals surface area contributed by atoms with E-state index in [0.29, 0.717) is 10.6 Å². The average Bonchev–Trinajstić information content (AvgIpc) is 2.22. The van der Waals surface area contributed by atoms with Crippen LogP contribution in [0, 0.1) is 6.92 Å². The van der Waals surface area contributed by atoms with Gasteiger partial charge in [0, 0.05) is 25.0 Å². The molecule has 5 heteroatoms. The number of pyridine rings is 1. The molecule has 92 valence electrons. The third-order valence-corrected chi connectivity index (χ3v) is 3.31. The third-order valence-electron chi connectivity index (χ3n) is 3.00. The standard InChI is InChI=1S/C12H15ClN2O2/c1-7-3-11(13)10(6-14-7)12(16)15-8-4-9(5-8)17-2/h3,6,8-9H,4-5H2,1-2H3,(H,15,16). The van der Waals surface area contributed by atoms with E-state index in [9.17, 15) is 4.79 Å². The first-order valence-electron chi connectivity index (χ1n) is 5.56. The predicted molar refractivity (Wildman–Crippen MR) is 65.3 cm³/mol. The van der Waals surface area contributed by atoms with Crippen molar-refractivity contribution in [2.45, 2.75) is 31.9 Å². The van der Waals surface area contributed by atoms with Crippen molar-refractivity contribution in [3.63, 3.8) is 0 Å². The second-order valence-electron chi connectivity index (χ2n) is 4.31. The van der Waals surface area contributed by atoms with Gasteiger partial charge in [0.2, 0.25) is 0 Å². The second kappa shape index (κ2) is 5.02. The van der Waals surface area contributed by atoms with Crippen molar-refractivity contribution in [2.75, 3.05) is 7.11 Å². The van der Waals surface area contributed by atoms with Crippen LogP contribution in [-0.4, -0.2) is 30.1 Å². The fourth-order valence-corrected chi connectivity index (χ4v) is 2.13. The molecular formula is C12H15ClN2O2. The van der Waals surface area contributed by atoms with E-state index in [0.717, 1.165) is 18.5 Å². The summed E-state index contributed by atoms with van der Waals surface area (Å²) < 4.78 is 5.15. The number of carbonyl (C=O) groups is 1. The SMILES string of the molecule is COC1CC(NC(=O)c2cnc(C)cc2Cl)C1. The maximum absolute atomic E-state index is 11.9. The lowest BCUT2D eigenvalue weighted by molar-refractivity contribution is 0.0176. The molecule has 1 N–H and O–H groups in total. The van der Waals surface area contributed by atoms with E-state index < -0.39 is 0 Å². The fourth-order valence-electron chi connectivity index (χ4n) is 1.83. The number of halogens is 1. The van der Waals surface area contributed by atoms with Crippen LogP contribution >= 0.6 is 11.6 Å². The molecular weight excluding hydrogens is 240 g/mol. The van der Waals surface area contributed by atoms with Gasteiger partial charge in [0.1, 0.15) is 0 Å². The van der Waals surface area contributed by atoms with Gasteiger partial charge < -0.3 is 10.1 Å². The molecule has 0 aromatic carbocycles. The first kappa shape index (κ1) is 12.3. The second-order valence-corrected chi connectivity index (χ2v) is 4.71. The van der Waals surface area contributed by atoms with Crippen LogP contribution in [-0.2, 0) is 4.74 Å². The van der Waals surface area contributed by atoms with E-state index >= 15 is 0 Å². The molecule has 0 radical (unpaired) electrons. The molecule has 0 unspecified atom stereocenters. The smallest absolute Gasteiger partial charge is 0.254 e. The molecule has 1 amide bonds. The summed E-state index contributed by atoms with van der Waals surface area (Å²) in [4.78, 5) is 16.0. The first-order chi connectivity index (χ1) is 8.10. The molecule has 0 atom stereocenters. The Morgan fingerprint density at radius 3 is 2.88 bits per heavy atom. The maximum Gasteiger partial charge on any atom is 0.254 e. The number of hydrogen-bond acceptors (Lipinski definition) is 3. The van der Waals surface area contributed by atoms with Gasteiger partial charge in [-0.15, -0.1) is 0 Å². The summed E-state index contributed by atoms with van der Waals surface area (Å²) in [6.45, 7) is 1.84. The normalized spacial score (nSPS) is 23.0. The first-order valence-corrected chi connectivity index (χ1v) is 5.93. The molecule has 1 heterocycles. The number of aryl methyl sites for hydroxylation is 1. The van der Waals surface area contributed by atoms with Crippen LogP contribution < -0.4 is 5.32 Å². The monoisotopic (exact) mass is 254 g/mol. The molecule has 0 aliphatic heterocycles. The Labute approximate surface area is 105 Å². The van der Waals surface area contributed by atoms with E-state index in [4.69, 9.17) is 16.3 Å². The maximum atomic E-state index is 11.9. The molecule has 2 rings (SSSR count). The quantitative estimate of drug-likeness (QED) is 0.897. The van der Waals surface area contributed by atoms with Gasteiger partial charge in [0.05, 0.1) is 16.7 Å². The van der Waals surface area contributed by atoms with Gasteiger partial charge in [0.15, 0.2) is 0 Å². The van der Waals surface area contributed by atoms with Gasteiger partial charge in [0.25, 0.3) is 5.91 Å². The molecule has 1 aliphatic rings. The molecule has 1 saturated carbocycles. The van der Waals surface area contributed by atoms with Gasteiger partial charge in [-0.25, -0.2) is 0 Å². The van der Waals surface area contributed by atoms with Crippen LogP contribution in [0.25, 0.3) is 0 Å². The van der Waals surface area contributed by atoms with E-state index in [1.165, 1.54) is 6.20 Å². The number of methoxy groups -OCH3 is 1. The average molecular weight is 255 g/mol. The number of rotatable bonds is 3. The molecule has 1 aliphatic carbocycles. The van der Waals surface area contributed by atoms with Gasteiger partial charge in [-0.05, 0) is 25.8 Å². The third kappa shape index (κ3) is 2.76. The zero-order valence-electron chi connectivity index (χ0n) is 9.87. The Hall–Kier alpha value is -1.13. The highest BCUT2D eigenvalue weighted by Crippen LogP contribution is 2.23. The highest BCUT2D eigenvalue weighted by atomic mass is 35.5. The summed E-state index contributed by atoms with van der Waals surface area (Å²) in [5.74, 6) is -0.165. The number of nitrogens with zero attached hydrogens (tertiary/aromatic N) is 1. The van der Waals surface area contributed by atoms with E-state index in [1.54, 1.807) is 13.2 Å². The molecule has 1 aromatic rings. The molecule has 4 nitrogen and oxygen atoms in total. The van der Waals surface area contributed by atoms with Crippen LogP contribution in [0.2, 0.25) is 5.02 Å². The Bertz CT molecular complexity index is 431.